The highest BCUT2D eigenvalue weighted by Gasteiger charge is 2.21. The molecule has 1 aliphatic rings. The van der Waals surface area contributed by atoms with Gasteiger partial charge in [-0.1, -0.05) is 20.3 Å². The van der Waals surface area contributed by atoms with Crippen molar-refractivity contribution in [2.24, 2.45) is 17.6 Å². The third kappa shape index (κ3) is 2.76. The summed E-state index contributed by atoms with van der Waals surface area (Å²) in [6.07, 6.45) is 4.06. The van der Waals surface area contributed by atoms with Crippen molar-refractivity contribution in [1.82, 2.24) is 0 Å². The molecule has 1 saturated heterocycles. The first-order valence-corrected chi connectivity index (χ1v) is 5.07. The molecule has 0 aromatic rings. The number of hydrogen-bond donors (Lipinski definition) is 1. The molecule has 0 aromatic carbocycles. The zero-order chi connectivity index (χ0) is 8.97. The molecule has 12 heavy (non-hydrogen) atoms. The van der Waals surface area contributed by atoms with Crippen LogP contribution in [0.15, 0.2) is 0 Å². The third-order valence-corrected chi connectivity index (χ3v) is 2.79. The second-order valence-corrected chi connectivity index (χ2v) is 4.04. The van der Waals surface area contributed by atoms with Crippen LogP contribution in [-0.4, -0.2) is 19.3 Å². The predicted molar refractivity (Wildman–Crippen MR) is 51.0 cm³/mol. The van der Waals surface area contributed by atoms with Gasteiger partial charge in [0.15, 0.2) is 0 Å². The van der Waals surface area contributed by atoms with Gasteiger partial charge in [0, 0.05) is 13.2 Å². The van der Waals surface area contributed by atoms with Crippen LogP contribution in [0.5, 0.6) is 0 Å². The lowest BCUT2D eigenvalue weighted by Crippen LogP contribution is -2.24. The summed E-state index contributed by atoms with van der Waals surface area (Å²) < 4.78 is 5.67. The first-order chi connectivity index (χ1) is 5.76. The summed E-state index contributed by atoms with van der Waals surface area (Å²) in [7, 11) is 0. The summed E-state index contributed by atoms with van der Waals surface area (Å²) in [5, 5.41) is 0. The maximum absolute atomic E-state index is 5.67. The van der Waals surface area contributed by atoms with Gasteiger partial charge >= 0.3 is 0 Å². The molecule has 3 atom stereocenters. The Labute approximate surface area is 75.5 Å². The maximum atomic E-state index is 5.67. The van der Waals surface area contributed by atoms with Gasteiger partial charge < -0.3 is 10.5 Å². The second kappa shape index (κ2) is 4.83. The van der Waals surface area contributed by atoms with Crippen LogP contribution in [0.1, 0.15) is 33.1 Å². The Morgan fingerprint density at radius 2 is 2.17 bits per heavy atom. The minimum Gasteiger partial charge on any atom is -0.377 e. The Kier molecular flexibility index (Phi) is 4.02. The molecule has 1 rings (SSSR count). The molecule has 1 fully saturated rings. The van der Waals surface area contributed by atoms with Crippen molar-refractivity contribution in [3.8, 4) is 0 Å². The van der Waals surface area contributed by atoms with Crippen molar-refractivity contribution < 1.29 is 4.74 Å². The van der Waals surface area contributed by atoms with E-state index in [4.69, 9.17) is 10.5 Å². The van der Waals surface area contributed by atoms with E-state index < -0.39 is 0 Å². The smallest absolute Gasteiger partial charge is 0.0700 e. The van der Waals surface area contributed by atoms with Crippen molar-refractivity contribution >= 4 is 0 Å². The zero-order valence-corrected chi connectivity index (χ0v) is 8.25. The first-order valence-electron chi connectivity index (χ1n) is 5.07. The van der Waals surface area contributed by atoms with Crippen LogP contribution in [0.25, 0.3) is 0 Å². The van der Waals surface area contributed by atoms with Crippen molar-refractivity contribution in [2.75, 3.05) is 13.2 Å². The number of hydrogen-bond acceptors (Lipinski definition) is 2. The van der Waals surface area contributed by atoms with Crippen LogP contribution < -0.4 is 5.73 Å². The molecule has 0 saturated carbocycles. The maximum Gasteiger partial charge on any atom is 0.0700 e. The monoisotopic (exact) mass is 171 g/mol. The lowest BCUT2D eigenvalue weighted by molar-refractivity contribution is 0.0469. The average Bonchev–Trinajstić information content (AvgIpc) is 2.26. The van der Waals surface area contributed by atoms with Gasteiger partial charge in [0.05, 0.1) is 6.10 Å². The molecule has 0 spiro atoms. The van der Waals surface area contributed by atoms with Crippen molar-refractivity contribution in [3.63, 3.8) is 0 Å². The second-order valence-electron chi connectivity index (χ2n) is 4.04. The van der Waals surface area contributed by atoms with E-state index in [1.807, 2.05) is 0 Å². The molecule has 1 unspecified atom stereocenters. The number of nitrogens with two attached hydrogens (primary N) is 1. The summed E-state index contributed by atoms with van der Waals surface area (Å²) in [5.41, 5.74) is 5.61. The van der Waals surface area contributed by atoms with Gasteiger partial charge in [-0.3, -0.25) is 0 Å². The number of ether oxygens (including phenoxy) is 1. The molecular weight excluding hydrogens is 150 g/mol. The highest BCUT2D eigenvalue weighted by atomic mass is 16.5. The van der Waals surface area contributed by atoms with Crippen LogP contribution in [-0.2, 0) is 4.74 Å². The van der Waals surface area contributed by atoms with Gasteiger partial charge in [-0.05, 0) is 24.7 Å². The molecule has 2 heteroatoms. The quantitative estimate of drug-likeness (QED) is 0.687. The van der Waals surface area contributed by atoms with Crippen molar-refractivity contribution in [1.29, 1.82) is 0 Å². The Morgan fingerprint density at radius 1 is 1.42 bits per heavy atom. The van der Waals surface area contributed by atoms with Crippen LogP contribution in [0.3, 0.4) is 0 Å². The average molecular weight is 171 g/mol. The Bertz CT molecular complexity index is 127. The molecule has 0 amide bonds. The first kappa shape index (κ1) is 10.0. The van der Waals surface area contributed by atoms with Gasteiger partial charge in [0.1, 0.15) is 0 Å². The lowest BCUT2D eigenvalue weighted by Gasteiger charge is -2.16. The molecule has 2 N–H and O–H groups in total. The summed E-state index contributed by atoms with van der Waals surface area (Å²) in [5.74, 6) is 1.54. The van der Waals surface area contributed by atoms with Crippen LogP contribution in [0.4, 0.5) is 0 Å². The van der Waals surface area contributed by atoms with E-state index in [1.54, 1.807) is 0 Å². The standard InChI is InChI=1S/C10H21NO/c1-3-9-4-8(2)7-12-10(5-9)6-11/h8-10H,3-7,11H2,1-2H3/t8-,9-,10?/m1/s1. The van der Waals surface area contributed by atoms with Gasteiger partial charge in [0.2, 0.25) is 0 Å². The topological polar surface area (TPSA) is 35.2 Å². The van der Waals surface area contributed by atoms with E-state index in [-0.39, 0.29) is 0 Å². The lowest BCUT2D eigenvalue weighted by atomic mass is 9.91. The Balaban J connectivity index is 2.43. The van der Waals surface area contributed by atoms with E-state index in [9.17, 15) is 0 Å². The molecule has 72 valence electrons. The highest BCUT2D eigenvalue weighted by Crippen LogP contribution is 2.25. The minimum atomic E-state index is 0.319. The van der Waals surface area contributed by atoms with Gasteiger partial charge in [-0.25, -0.2) is 0 Å². The van der Waals surface area contributed by atoms with Gasteiger partial charge in [-0.2, -0.15) is 0 Å². The van der Waals surface area contributed by atoms with Crippen molar-refractivity contribution in [2.45, 2.75) is 39.2 Å². The Morgan fingerprint density at radius 3 is 2.75 bits per heavy atom. The molecule has 1 aliphatic heterocycles. The van der Waals surface area contributed by atoms with E-state index in [0.717, 1.165) is 18.9 Å². The zero-order valence-electron chi connectivity index (χ0n) is 8.25. The molecule has 0 aromatic heterocycles. The van der Waals surface area contributed by atoms with E-state index in [1.165, 1.54) is 12.8 Å². The molecular formula is C10H21NO. The van der Waals surface area contributed by atoms with E-state index in [2.05, 4.69) is 13.8 Å². The fraction of sp³-hybridized carbons (Fsp3) is 1.00. The molecule has 0 bridgehead atoms. The predicted octanol–water partition coefficient (Wildman–Crippen LogP) is 1.79. The normalized spacial score (nSPS) is 37.8. The Hall–Kier alpha value is -0.0800. The highest BCUT2D eigenvalue weighted by molar-refractivity contribution is 4.72. The SMILES string of the molecule is CC[C@H]1CC(CN)OC[C@H](C)C1. The van der Waals surface area contributed by atoms with E-state index >= 15 is 0 Å². The minimum absolute atomic E-state index is 0.319. The van der Waals surface area contributed by atoms with Crippen LogP contribution in [0, 0.1) is 11.8 Å². The third-order valence-electron chi connectivity index (χ3n) is 2.79. The molecule has 1 heterocycles. The fourth-order valence-corrected chi connectivity index (χ4v) is 1.97. The largest absolute Gasteiger partial charge is 0.377 e. The van der Waals surface area contributed by atoms with Crippen LogP contribution in [0.2, 0.25) is 0 Å². The fourth-order valence-electron chi connectivity index (χ4n) is 1.97. The summed E-state index contributed by atoms with van der Waals surface area (Å²) in [6.45, 7) is 6.11. The van der Waals surface area contributed by atoms with Crippen LogP contribution >= 0.6 is 0 Å². The van der Waals surface area contributed by atoms with Gasteiger partial charge in [-0.15, -0.1) is 0 Å². The molecule has 0 aliphatic carbocycles. The summed E-state index contributed by atoms with van der Waals surface area (Å²) in [6, 6.07) is 0. The molecule has 0 radical (unpaired) electrons. The van der Waals surface area contributed by atoms with Gasteiger partial charge in [0.25, 0.3) is 0 Å². The number of rotatable bonds is 2. The molecule has 2 nitrogen and oxygen atoms in total. The summed E-state index contributed by atoms with van der Waals surface area (Å²) in [4.78, 5) is 0. The van der Waals surface area contributed by atoms with E-state index in [0.29, 0.717) is 18.6 Å². The van der Waals surface area contributed by atoms with Crippen molar-refractivity contribution in [3.05, 3.63) is 0 Å². The summed E-state index contributed by atoms with van der Waals surface area (Å²) >= 11 is 0.